The summed E-state index contributed by atoms with van der Waals surface area (Å²) in [6.45, 7) is 2.14. The van der Waals surface area contributed by atoms with Gasteiger partial charge in [-0.3, -0.25) is 14.9 Å². The van der Waals surface area contributed by atoms with E-state index in [9.17, 15) is 14.9 Å². The molecule has 0 fully saturated rings. The fourth-order valence-corrected chi connectivity index (χ4v) is 3.93. The Labute approximate surface area is 169 Å². The summed E-state index contributed by atoms with van der Waals surface area (Å²) in [5.74, 6) is 2.08. The molecule has 0 spiro atoms. The van der Waals surface area contributed by atoms with Gasteiger partial charge < -0.3 is 4.57 Å². The minimum Gasteiger partial charge on any atom is -0.304 e. The maximum Gasteiger partial charge on any atom is 0.272 e. The number of aryl methyl sites for hydroxylation is 1. The summed E-state index contributed by atoms with van der Waals surface area (Å²) in [7, 11) is 0. The largest absolute Gasteiger partial charge is 0.304 e. The summed E-state index contributed by atoms with van der Waals surface area (Å²) in [6.07, 6.45) is 8.23. The van der Waals surface area contributed by atoms with Crippen molar-refractivity contribution < 1.29 is 9.72 Å². The van der Waals surface area contributed by atoms with E-state index in [4.69, 9.17) is 18.0 Å². The van der Waals surface area contributed by atoms with Gasteiger partial charge in [-0.1, -0.05) is 41.0 Å². The van der Waals surface area contributed by atoms with Crippen LogP contribution in [-0.4, -0.2) is 15.4 Å². The van der Waals surface area contributed by atoms with Crippen molar-refractivity contribution in [2.45, 2.75) is 13.5 Å². The number of nitrogens with zero attached hydrogens (tertiary/aromatic N) is 3. The van der Waals surface area contributed by atoms with E-state index in [1.807, 2.05) is 13.0 Å². The highest BCUT2D eigenvalue weighted by Crippen LogP contribution is 2.27. The van der Waals surface area contributed by atoms with Gasteiger partial charge in [-0.05, 0) is 36.3 Å². The highest BCUT2D eigenvalue weighted by Gasteiger charge is 2.11. The van der Waals surface area contributed by atoms with Crippen LogP contribution in [0.1, 0.15) is 11.1 Å². The van der Waals surface area contributed by atoms with Crippen LogP contribution in [0.15, 0.2) is 47.5 Å². The molecule has 0 aliphatic heterocycles. The van der Waals surface area contributed by atoms with Crippen molar-refractivity contribution in [3.8, 4) is 12.3 Å². The first kappa shape index (κ1) is 19.5. The summed E-state index contributed by atoms with van der Waals surface area (Å²) in [6, 6.07) is 9.65. The Morgan fingerprint density at radius 2 is 2.21 bits per heavy atom. The summed E-state index contributed by atoms with van der Waals surface area (Å²) < 4.78 is 2.70. The zero-order valence-electron chi connectivity index (χ0n) is 14.8. The van der Waals surface area contributed by atoms with E-state index in [-0.39, 0.29) is 12.2 Å². The molecule has 0 saturated carbocycles. The van der Waals surface area contributed by atoms with Crippen LogP contribution in [0.5, 0.6) is 0 Å². The molecule has 0 saturated heterocycles. The predicted octanol–water partition coefficient (Wildman–Crippen LogP) is 4.35. The molecule has 1 aromatic heterocycles. The van der Waals surface area contributed by atoms with E-state index < -0.39 is 10.8 Å². The van der Waals surface area contributed by atoms with Crippen molar-refractivity contribution in [2.75, 3.05) is 0 Å². The molecule has 0 aliphatic carbocycles. The molecule has 3 rings (SSSR count). The van der Waals surface area contributed by atoms with Crippen molar-refractivity contribution in [3.63, 3.8) is 0 Å². The Balaban J connectivity index is 2.00. The van der Waals surface area contributed by atoms with Crippen LogP contribution in [0.3, 0.4) is 0 Å². The third-order valence-corrected chi connectivity index (χ3v) is 5.44. The lowest BCUT2D eigenvalue weighted by Crippen LogP contribution is -2.16. The van der Waals surface area contributed by atoms with E-state index in [0.29, 0.717) is 15.4 Å². The number of fused-ring (bicyclic) bond motifs is 1. The van der Waals surface area contributed by atoms with Crippen LogP contribution in [0, 0.1) is 29.4 Å². The number of halogens is 1. The van der Waals surface area contributed by atoms with Crippen LogP contribution < -0.4 is 4.80 Å². The Morgan fingerprint density at radius 3 is 2.93 bits per heavy atom. The van der Waals surface area contributed by atoms with E-state index in [2.05, 4.69) is 10.9 Å². The molecule has 2 aromatic carbocycles. The van der Waals surface area contributed by atoms with Gasteiger partial charge in [0, 0.05) is 23.2 Å². The zero-order chi connectivity index (χ0) is 20.3. The minimum absolute atomic E-state index is 0.0461. The molecule has 0 radical (unpaired) electrons. The highest BCUT2D eigenvalue weighted by atomic mass is 35.5. The van der Waals surface area contributed by atoms with Crippen LogP contribution in [0.2, 0.25) is 5.02 Å². The number of amides is 1. The first-order valence-electron chi connectivity index (χ1n) is 8.14. The van der Waals surface area contributed by atoms with Crippen molar-refractivity contribution in [2.24, 2.45) is 4.99 Å². The zero-order valence-corrected chi connectivity index (χ0v) is 16.3. The van der Waals surface area contributed by atoms with E-state index in [1.54, 1.807) is 22.8 Å². The average molecular weight is 412 g/mol. The number of carbonyl (C=O) groups excluding carboxylic acids is 1. The molecule has 28 heavy (non-hydrogen) atoms. The number of terminal acetylenes is 1. The van der Waals surface area contributed by atoms with Crippen molar-refractivity contribution in [1.29, 1.82) is 0 Å². The second kappa shape index (κ2) is 8.21. The second-order valence-electron chi connectivity index (χ2n) is 5.83. The number of thiazole rings is 1. The van der Waals surface area contributed by atoms with Gasteiger partial charge in [0.05, 0.1) is 21.7 Å². The third-order valence-electron chi connectivity index (χ3n) is 3.98. The number of aromatic nitrogens is 1. The molecule has 0 atom stereocenters. The Morgan fingerprint density at radius 1 is 1.43 bits per heavy atom. The lowest BCUT2D eigenvalue weighted by molar-refractivity contribution is -0.384. The summed E-state index contributed by atoms with van der Waals surface area (Å²) in [4.78, 5) is 27.3. The fourth-order valence-electron chi connectivity index (χ4n) is 2.68. The van der Waals surface area contributed by atoms with E-state index in [0.717, 1.165) is 15.8 Å². The number of nitro groups is 1. The molecule has 140 valence electrons. The summed E-state index contributed by atoms with van der Waals surface area (Å²) in [5, 5.41) is 11.4. The van der Waals surface area contributed by atoms with Gasteiger partial charge in [0.1, 0.15) is 0 Å². The molecule has 0 aliphatic rings. The molecular weight excluding hydrogens is 398 g/mol. The highest BCUT2D eigenvalue weighted by molar-refractivity contribution is 7.16. The van der Waals surface area contributed by atoms with Gasteiger partial charge in [-0.15, -0.1) is 6.42 Å². The van der Waals surface area contributed by atoms with Gasteiger partial charge in [0.15, 0.2) is 4.80 Å². The Kier molecular flexibility index (Phi) is 5.73. The van der Waals surface area contributed by atoms with Crippen LogP contribution in [0.25, 0.3) is 16.3 Å². The number of nitro benzene ring substituents is 1. The molecule has 0 N–H and O–H groups in total. The monoisotopic (exact) mass is 411 g/mol. The number of hydrogen-bond acceptors (Lipinski definition) is 4. The number of hydrogen-bond donors (Lipinski definition) is 0. The molecule has 1 heterocycles. The van der Waals surface area contributed by atoms with Crippen LogP contribution >= 0.6 is 22.9 Å². The van der Waals surface area contributed by atoms with Crippen molar-refractivity contribution in [1.82, 2.24) is 4.57 Å². The topological polar surface area (TPSA) is 77.5 Å². The van der Waals surface area contributed by atoms with Gasteiger partial charge >= 0.3 is 0 Å². The predicted molar refractivity (Wildman–Crippen MR) is 111 cm³/mol. The number of carbonyl (C=O) groups is 1. The number of benzene rings is 2. The lowest BCUT2D eigenvalue weighted by Gasteiger charge is -2.04. The normalized spacial score (nSPS) is 11.8. The van der Waals surface area contributed by atoms with E-state index >= 15 is 0 Å². The molecule has 0 unspecified atom stereocenters. The van der Waals surface area contributed by atoms with Gasteiger partial charge in [0.25, 0.3) is 11.6 Å². The van der Waals surface area contributed by atoms with Crippen molar-refractivity contribution in [3.05, 3.63) is 73.5 Å². The Hall–Kier alpha value is -3.21. The van der Waals surface area contributed by atoms with Gasteiger partial charge in [0.2, 0.25) is 0 Å². The molecule has 3 aromatic rings. The minimum atomic E-state index is -0.493. The summed E-state index contributed by atoms with van der Waals surface area (Å²) >= 11 is 7.55. The average Bonchev–Trinajstić information content (AvgIpc) is 3.01. The standard InChI is InChI=1S/C20H14ClN3O3S/c1-3-11-23-19-13(2)16(21)8-9-17(19)28-20(23)22-18(25)10-7-14-5-4-6-15(12-14)24(26)27/h1,4-10,12H,11H2,2H3/b10-7+,22-20?. The molecule has 8 heteroatoms. The maximum absolute atomic E-state index is 12.3. The molecular formula is C20H14ClN3O3S. The van der Waals surface area contributed by atoms with Gasteiger partial charge in [-0.25, -0.2) is 0 Å². The lowest BCUT2D eigenvalue weighted by atomic mass is 10.2. The second-order valence-corrected chi connectivity index (χ2v) is 7.25. The number of rotatable bonds is 4. The van der Waals surface area contributed by atoms with Crippen LogP contribution in [-0.2, 0) is 11.3 Å². The molecule has 0 bridgehead atoms. The van der Waals surface area contributed by atoms with E-state index in [1.165, 1.54) is 35.6 Å². The smallest absolute Gasteiger partial charge is 0.272 e. The molecule has 1 amide bonds. The molecule has 6 nitrogen and oxygen atoms in total. The fraction of sp³-hybridized carbons (Fsp3) is 0.100. The SMILES string of the molecule is C#CCn1c(=NC(=O)/C=C/c2cccc([N+](=O)[O-])c2)sc2ccc(Cl)c(C)c21. The van der Waals surface area contributed by atoms with Crippen molar-refractivity contribution >= 4 is 50.8 Å². The Bertz CT molecular complexity index is 1230. The summed E-state index contributed by atoms with van der Waals surface area (Å²) in [5.41, 5.74) is 2.21. The first-order chi connectivity index (χ1) is 13.4. The third kappa shape index (κ3) is 4.03. The maximum atomic E-state index is 12.3. The first-order valence-corrected chi connectivity index (χ1v) is 9.33. The number of non-ortho nitro benzene ring substituents is 1. The van der Waals surface area contributed by atoms with Crippen LogP contribution in [0.4, 0.5) is 5.69 Å². The quantitative estimate of drug-likeness (QED) is 0.277. The van der Waals surface area contributed by atoms with Gasteiger partial charge in [-0.2, -0.15) is 4.99 Å².